The Bertz CT molecular complexity index is 530. The van der Waals surface area contributed by atoms with Gasteiger partial charge in [-0.2, -0.15) is 0 Å². The van der Waals surface area contributed by atoms with Gasteiger partial charge in [-0.25, -0.2) is 0 Å². The number of hydrogen-bond donors (Lipinski definition) is 2. The standard InChI is InChI=1S/C20H27NO/c1-19(2,3)18(21)20(22,14-16-10-6-4-7-11-16)15-17-12-8-5-9-13-17/h4-13,18,22H,14-15,21H2,1-3H3. The van der Waals surface area contributed by atoms with Gasteiger partial charge in [-0.05, 0) is 16.5 Å². The Hall–Kier alpha value is -1.64. The molecule has 118 valence electrons. The average Bonchev–Trinajstić information content (AvgIpc) is 2.47. The van der Waals surface area contributed by atoms with Crippen molar-refractivity contribution >= 4 is 0 Å². The van der Waals surface area contributed by atoms with Crippen LogP contribution in [-0.4, -0.2) is 16.7 Å². The van der Waals surface area contributed by atoms with Gasteiger partial charge in [0, 0.05) is 18.9 Å². The lowest BCUT2D eigenvalue weighted by molar-refractivity contribution is -0.0202. The van der Waals surface area contributed by atoms with E-state index < -0.39 is 5.60 Å². The van der Waals surface area contributed by atoms with Crippen molar-refractivity contribution in [2.24, 2.45) is 11.1 Å². The fourth-order valence-electron chi connectivity index (χ4n) is 2.99. The van der Waals surface area contributed by atoms with E-state index in [1.807, 2.05) is 60.7 Å². The third-order valence-electron chi connectivity index (χ3n) is 4.22. The molecule has 0 saturated carbocycles. The second-order valence-corrected chi connectivity index (χ2v) is 7.27. The highest BCUT2D eigenvalue weighted by Gasteiger charge is 2.41. The molecule has 0 aliphatic heterocycles. The monoisotopic (exact) mass is 297 g/mol. The zero-order valence-corrected chi connectivity index (χ0v) is 13.8. The van der Waals surface area contributed by atoms with Crippen LogP contribution < -0.4 is 5.73 Å². The first-order valence-corrected chi connectivity index (χ1v) is 7.87. The van der Waals surface area contributed by atoms with Crippen molar-refractivity contribution in [3.8, 4) is 0 Å². The maximum Gasteiger partial charge on any atom is 0.0883 e. The molecule has 1 atom stereocenters. The molecule has 22 heavy (non-hydrogen) atoms. The van der Waals surface area contributed by atoms with Crippen LogP contribution in [0, 0.1) is 5.41 Å². The molecule has 0 heterocycles. The summed E-state index contributed by atoms with van der Waals surface area (Å²) in [4.78, 5) is 0. The molecule has 0 aromatic heterocycles. The molecule has 2 heteroatoms. The van der Waals surface area contributed by atoms with Gasteiger partial charge in [0.15, 0.2) is 0 Å². The van der Waals surface area contributed by atoms with Crippen molar-refractivity contribution in [1.29, 1.82) is 0 Å². The van der Waals surface area contributed by atoms with E-state index in [4.69, 9.17) is 5.73 Å². The van der Waals surface area contributed by atoms with Gasteiger partial charge in [0.25, 0.3) is 0 Å². The SMILES string of the molecule is CC(C)(C)C(N)C(O)(Cc1ccccc1)Cc1ccccc1. The van der Waals surface area contributed by atoms with E-state index >= 15 is 0 Å². The van der Waals surface area contributed by atoms with E-state index in [-0.39, 0.29) is 11.5 Å². The summed E-state index contributed by atoms with van der Waals surface area (Å²) in [7, 11) is 0. The van der Waals surface area contributed by atoms with Crippen LogP contribution in [0.5, 0.6) is 0 Å². The van der Waals surface area contributed by atoms with Gasteiger partial charge < -0.3 is 10.8 Å². The predicted octanol–water partition coefficient (Wildman–Crippen LogP) is 3.58. The second-order valence-electron chi connectivity index (χ2n) is 7.27. The van der Waals surface area contributed by atoms with E-state index in [1.54, 1.807) is 0 Å². The number of benzene rings is 2. The molecule has 0 saturated heterocycles. The van der Waals surface area contributed by atoms with E-state index in [2.05, 4.69) is 20.8 Å². The van der Waals surface area contributed by atoms with Crippen molar-refractivity contribution in [2.45, 2.75) is 45.3 Å². The minimum Gasteiger partial charge on any atom is -0.388 e. The van der Waals surface area contributed by atoms with Crippen molar-refractivity contribution in [3.63, 3.8) is 0 Å². The molecule has 1 unspecified atom stereocenters. The van der Waals surface area contributed by atoms with Crippen LogP contribution in [-0.2, 0) is 12.8 Å². The lowest BCUT2D eigenvalue weighted by atomic mass is 9.71. The summed E-state index contributed by atoms with van der Waals surface area (Å²) in [5.41, 5.74) is 7.56. The number of hydrogen-bond acceptors (Lipinski definition) is 2. The van der Waals surface area contributed by atoms with Crippen LogP contribution in [0.15, 0.2) is 60.7 Å². The van der Waals surface area contributed by atoms with Crippen LogP contribution in [0.1, 0.15) is 31.9 Å². The summed E-state index contributed by atoms with van der Waals surface area (Å²) >= 11 is 0. The largest absolute Gasteiger partial charge is 0.388 e. The maximum absolute atomic E-state index is 11.4. The molecule has 0 spiro atoms. The highest BCUT2D eigenvalue weighted by Crippen LogP contribution is 2.31. The number of nitrogens with two attached hydrogens (primary N) is 1. The molecule has 0 aliphatic carbocycles. The third-order valence-corrected chi connectivity index (χ3v) is 4.22. The molecule has 2 nitrogen and oxygen atoms in total. The van der Waals surface area contributed by atoms with Crippen molar-refractivity contribution < 1.29 is 5.11 Å². The van der Waals surface area contributed by atoms with Gasteiger partial charge in [0.1, 0.15) is 0 Å². The average molecular weight is 297 g/mol. The Morgan fingerprint density at radius 1 is 0.818 bits per heavy atom. The molecular weight excluding hydrogens is 270 g/mol. The normalized spacial score (nSPS) is 13.9. The molecule has 2 rings (SSSR count). The molecule has 2 aromatic rings. The highest BCUT2D eigenvalue weighted by atomic mass is 16.3. The minimum atomic E-state index is -0.971. The number of aliphatic hydroxyl groups is 1. The first kappa shape index (κ1) is 16.7. The van der Waals surface area contributed by atoms with Crippen LogP contribution in [0.25, 0.3) is 0 Å². The Morgan fingerprint density at radius 3 is 1.50 bits per heavy atom. The summed E-state index contributed by atoms with van der Waals surface area (Å²) in [5.74, 6) is 0. The fraction of sp³-hybridized carbons (Fsp3) is 0.400. The summed E-state index contributed by atoms with van der Waals surface area (Å²) in [6.45, 7) is 6.25. The summed E-state index contributed by atoms with van der Waals surface area (Å²) in [5, 5.41) is 11.4. The first-order valence-electron chi connectivity index (χ1n) is 7.87. The molecule has 0 aliphatic rings. The summed E-state index contributed by atoms with van der Waals surface area (Å²) in [6.07, 6.45) is 1.11. The van der Waals surface area contributed by atoms with Crippen LogP contribution in [0.3, 0.4) is 0 Å². The zero-order valence-electron chi connectivity index (χ0n) is 13.8. The Morgan fingerprint density at radius 2 is 1.18 bits per heavy atom. The van der Waals surface area contributed by atoms with E-state index in [9.17, 15) is 5.11 Å². The molecule has 0 amide bonds. The lowest BCUT2D eigenvalue weighted by Gasteiger charge is -2.41. The molecule has 3 N–H and O–H groups in total. The minimum absolute atomic E-state index is 0.168. The predicted molar refractivity (Wildman–Crippen MR) is 92.7 cm³/mol. The van der Waals surface area contributed by atoms with Gasteiger partial charge in [0.05, 0.1) is 5.60 Å². The van der Waals surface area contributed by atoms with Gasteiger partial charge >= 0.3 is 0 Å². The van der Waals surface area contributed by atoms with Gasteiger partial charge in [-0.3, -0.25) is 0 Å². The van der Waals surface area contributed by atoms with Gasteiger partial charge in [-0.15, -0.1) is 0 Å². The zero-order chi connectivity index (χ0) is 16.2. The van der Waals surface area contributed by atoms with Crippen LogP contribution >= 0.6 is 0 Å². The molecule has 0 bridgehead atoms. The van der Waals surface area contributed by atoms with E-state index in [1.165, 1.54) is 0 Å². The Balaban J connectivity index is 2.31. The topological polar surface area (TPSA) is 46.2 Å². The Labute approximate surface area is 134 Å². The van der Waals surface area contributed by atoms with Crippen LogP contribution in [0.2, 0.25) is 0 Å². The molecular formula is C20H27NO. The number of rotatable bonds is 5. The first-order chi connectivity index (χ1) is 10.3. The van der Waals surface area contributed by atoms with Gasteiger partial charge in [0.2, 0.25) is 0 Å². The van der Waals surface area contributed by atoms with E-state index in [0.29, 0.717) is 12.8 Å². The van der Waals surface area contributed by atoms with Crippen molar-refractivity contribution in [1.82, 2.24) is 0 Å². The fourth-order valence-corrected chi connectivity index (χ4v) is 2.99. The lowest BCUT2D eigenvalue weighted by Crippen LogP contribution is -2.57. The second kappa shape index (κ2) is 6.64. The molecule has 0 fully saturated rings. The smallest absolute Gasteiger partial charge is 0.0883 e. The highest BCUT2D eigenvalue weighted by molar-refractivity contribution is 5.23. The van der Waals surface area contributed by atoms with Crippen molar-refractivity contribution in [2.75, 3.05) is 0 Å². The Kier molecular flexibility index (Phi) is 5.05. The van der Waals surface area contributed by atoms with Gasteiger partial charge in [-0.1, -0.05) is 81.4 Å². The van der Waals surface area contributed by atoms with Crippen molar-refractivity contribution in [3.05, 3.63) is 71.8 Å². The summed E-state index contributed by atoms with van der Waals surface area (Å²) < 4.78 is 0. The summed E-state index contributed by atoms with van der Waals surface area (Å²) in [6, 6.07) is 19.9. The third kappa shape index (κ3) is 4.19. The van der Waals surface area contributed by atoms with Crippen LogP contribution in [0.4, 0.5) is 0 Å². The maximum atomic E-state index is 11.4. The molecule has 2 aromatic carbocycles. The quantitative estimate of drug-likeness (QED) is 0.886. The van der Waals surface area contributed by atoms with E-state index in [0.717, 1.165) is 11.1 Å². The molecule has 0 radical (unpaired) electrons.